The number of hydrogen-bond acceptors (Lipinski definition) is 3. The molecule has 0 bridgehead atoms. The first-order valence-electron chi connectivity index (χ1n) is 8.04. The van der Waals surface area contributed by atoms with Gasteiger partial charge in [-0.25, -0.2) is 0 Å². The van der Waals surface area contributed by atoms with Crippen molar-refractivity contribution in [3.8, 4) is 0 Å². The molecule has 0 aromatic heterocycles. The van der Waals surface area contributed by atoms with E-state index < -0.39 is 5.54 Å². The van der Waals surface area contributed by atoms with Crippen LogP contribution in [-0.4, -0.2) is 46.8 Å². The number of unbranched alkanes of at least 4 members (excludes halogenated alkanes) is 1. The summed E-state index contributed by atoms with van der Waals surface area (Å²) in [5.41, 5.74) is -0.665. The smallest absolute Gasteiger partial charge is 0.249 e. The molecule has 0 aromatic rings. The molecular formula is C16H28N2O2S. The van der Waals surface area contributed by atoms with E-state index in [1.54, 1.807) is 0 Å². The first-order chi connectivity index (χ1) is 9.91. The van der Waals surface area contributed by atoms with Crippen LogP contribution in [0.2, 0.25) is 0 Å². The molecular weight excluding hydrogens is 284 g/mol. The van der Waals surface area contributed by atoms with Crippen molar-refractivity contribution in [2.24, 2.45) is 11.8 Å². The number of nitrogens with one attached hydrogen (secondary N) is 1. The number of piperazine rings is 1. The van der Waals surface area contributed by atoms with Crippen LogP contribution < -0.4 is 5.32 Å². The quantitative estimate of drug-likeness (QED) is 0.734. The van der Waals surface area contributed by atoms with Crippen LogP contribution in [0.15, 0.2) is 0 Å². The number of nitrogens with zero attached hydrogens (tertiary/aromatic N) is 1. The van der Waals surface area contributed by atoms with Crippen LogP contribution in [0.4, 0.5) is 0 Å². The summed E-state index contributed by atoms with van der Waals surface area (Å²) in [5, 5.41) is 3.03. The molecule has 0 spiro atoms. The average Bonchev–Trinajstić information content (AvgIpc) is 3.24. The van der Waals surface area contributed by atoms with Gasteiger partial charge in [0.25, 0.3) is 0 Å². The standard InChI is InChI=1S/C16H28N2O2S/c1-11(2)13-14(19)17-16(3,12-7-8-12)15(20)18(13)9-5-6-10-21-4/h11-13H,5-10H2,1-4H3,(H,17,19). The van der Waals surface area contributed by atoms with E-state index in [0.717, 1.165) is 31.4 Å². The molecule has 1 aliphatic carbocycles. The van der Waals surface area contributed by atoms with Crippen molar-refractivity contribution in [2.75, 3.05) is 18.6 Å². The zero-order valence-electron chi connectivity index (χ0n) is 13.6. The number of carbonyl (C=O) groups is 2. The Bertz CT molecular complexity index is 409. The van der Waals surface area contributed by atoms with Crippen LogP contribution in [0, 0.1) is 11.8 Å². The highest BCUT2D eigenvalue weighted by molar-refractivity contribution is 7.98. The SMILES string of the molecule is CSCCCCN1C(=O)C(C)(C2CC2)NC(=O)C1C(C)C. The van der Waals surface area contributed by atoms with Gasteiger partial charge in [-0.05, 0) is 56.5 Å². The maximum atomic E-state index is 13.0. The maximum absolute atomic E-state index is 13.0. The topological polar surface area (TPSA) is 49.4 Å². The Hall–Kier alpha value is -0.710. The molecule has 120 valence electrons. The number of amides is 2. The van der Waals surface area contributed by atoms with Gasteiger partial charge in [0.2, 0.25) is 11.8 Å². The molecule has 5 heteroatoms. The van der Waals surface area contributed by atoms with Crippen molar-refractivity contribution in [1.29, 1.82) is 0 Å². The number of thioether (sulfide) groups is 1. The normalized spacial score (nSPS) is 30.0. The Balaban J connectivity index is 2.12. The Morgan fingerprint density at radius 1 is 1.33 bits per heavy atom. The summed E-state index contributed by atoms with van der Waals surface area (Å²) in [6.45, 7) is 6.66. The maximum Gasteiger partial charge on any atom is 0.249 e. The summed E-state index contributed by atoms with van der Waals surface area (Å²) < 4.78 is 0. The number of hydrogen-bond donors (Lipinski definition) is 1. The third-order valence-corrected chi connectivity index (χ3v) is 5.41. The van der Waals surface area contributed by atoms with Gasteiger partial charge in [0.05, 0.1) is 0 Å². The molecule has 2 atom stereocenters. The highest BCUT2D eigenvalue weighted by Crippen LogP contribution is 2.42. The predicted molar refractivity (Wildman–Crippen MR) is 87.2 cm³/mol. The molecule has 4 nitrogen and oxygen atoms in total. The summed E-state index contributed by atoms with van der Waals surface area (Å²) in [6.07, 6.45) is 6.27. The molecule has 2 rings (SSSR count). The van der Waals surface area contributed by atoms with E-state index in [-0.39, 0.29) is 23.8 Å². The Labute approximate surface area is 132 Å². The molecule has 1 N–H and O–H groups in total. The summed E-state index contributed by atoms with van der Waals surface area (Å²) in [5.74, 6) is 1.76. The predicted octanol–water partition coefficient (Wildman–Crippen LogP) is 2.28. The van der Waals surface area contributed by atoms with E-state index in [1.165, 1.54) is 0 Å². The van der Waals surface area contributed by atoms with Crippen LogP contribution in [0.5, 0.6) is 0 Å². The van der Waals surface area contributed by atoms with E-state index in [2.05, 4.69) is 11.6 Å². The molecule has 2 amide bonds. The molecule has 1 saturated heterocycles. The van der Waals surface area contributed by atoms with Crippen LogP contribution in [-0.2, 0) is 9.59 Å². The summed E-state index contributed by atoms with van der Waals surface area (Å²) in [4.78, 5) is 27.3. The summed E-state index contributed by atoms with van der Waals surface area (Å²) >= 11 is 1.83. The second kappa shape index (κ2) is 6.59. The second-order valence-electron chi connectivity index (χ2n) is 6.85. The van der Waals surface area contributed by atoms with E-state index in [1.807, 2.05) is 37.4 Å². The molecule has 1 saturated carbocycles. The largest absolute Gasteiger partial charge is 0.340 e. The molecule has 2 aliphatic rings. The van der Waals surface area contributed by atoms with Gasteiger partial charge >= 0.3 is 0 Å². The number of carbonyl (C=O) groups excluding carboxylic acids is 2. The minimum absolute atomic E-state index is 0.0314. The zero-order valence-corrected chi connectivity index (χ0v) is 14.5. The monoisotopic (exact) mass is 312 g/mol. The van der Waals surface area contributed by atoms with E-state index >= 15 is 0 Å². The molecule has 2 unspecified atom stereocenters. The zero-order chi connectivity index (χ0) is 15.6. The Morgan fingerprint density at radius 3 is 2.52 bits per heavy atom. The molecule has 2 fully saturated rings. The van der Waals surface area contributed by atoms with Crippen molar-refractivity contribution in [3.63, 3.8) is 0 Å². The van der Waals surface area contributed by atoms with Crippen LogP contribution in [0.25, 0.3) is 0 Å². The van der Waals surface area contributed by atoms with Gasteiger partial charge in [0.15, 0.2) is 0 Å². The first-order valence-corrected chi connectivity index (χ1v) is 9.43. The minimum atomic E-state index is -0.665. The molecule has 21 heavy (non-hydrogen) atoms. The van der Waals surface area contributed by atoms with Gasteiger partial charge in [-0.15, -0.1) is 0 Å². The summed E-state index contributed by atoms with van der Waals surface area (Å²) in [7, 11) is 0. The lowest BCUT2D eigenvalue weighted by Gasteiger charge is -2.46. The third-order valence-electron chi connectivity index (χ3n) is 4.72. The fourth-order valence-corrected chi connectivity index (χ4v) is 3.81. The molecule has 0 aromatic carbocycles. The van der Waals surface area contributed by atoms with E-state index in [0.29, 0.717) is 12.5 Å². The lowest BCUT2D eigenvalue weighted by Crippen LogP contribution is -2.71. The van der Waals surface area contributed by atoms with E-state index in [9.17, 15) is 9.59 Å². The van der Waals surface area contributed by atoms with Gasteiger partial charge in [0.1, 0.15) is 11.6 Å². The van der Waals surface area contributed by atoms with Gasteiger partial charge < -0.3 is 10.2 Å². The third kappa shape index (κ3) is 3.38. The van der Waals surface area contributed by atoms with Gasteiger partial charge in [0, 0.05) is 6.54 Å². The molecule has 0 radical (unpaired) electrons. The fourth-order valence-electron chi connectivity index (χ4n) is 3.32. The molecule has 1 heterocycles. The summed E-state index contributed by atoms with van der Waals surface area (Å²) in [6, 6.07) is -0.307. The first kappa shape index (κ1) is 16.7. The van der Waals surface area contributed by atoms with Gasteiger partial charge in [-0.2, -0.15) is 11.8 Å². The van der Waals surface area contributed by atoms with Crippen molar-refractivity contribution < 1.29 is 9.59 Å². The Morgan fingerprint density at radius 2 is 2.00 bits per heavy atom. The second-order valence-corrected chi connectivity index (χ2v) is 7.84. The Kier molecular flexibility index (Phi) is 5.23. The average molecular weight is 312 g/mol. The van der Waals surface area contributed by atoms with Crippen molar-refractivity contribution in [2.45, 2.75) is 58.0 Å². The van der Waals surface area contributed by atoms with Crippen LogP contribution in [0.1, 0.15) is 46.5 Å². The lowest BCUT2D eigenvalue weighted by molar-refractivity contribution is -0.157. The van der Waals surface area contributed by atoms with Crippen LogP contribution in [0.3, 0.4) is 0 Å². The minimum Gasteiger partial charge on any atom is -0.340 e. The fraction of sp³-hybridized carbons (Fsp3) is 0.875. The van der Waals surface area contributed by atoms with E-state index in [4.69, 9.17) is 0 Å². The highest BCUT2D eigenvalue weighted by atomic mass is 32.2. The number of rotatable bonds is 7. The van der Waals surface area contributed by atoms with Gasteiger partial charge in [-0.1, -0.05) is 13.8 Å². The highest BCUT2D eigenvalue weighted by Gasteiger charge is 2.55. The lowest BCUT2D eigenvalue weighted by atomic mass is 9.86. The van der Waals surface area contributed by atoms with Gasteiger partial charge in [-0.3, -0.25) is 9.59 Å². The van der Waals surface area contributed by atoms with Crippen LogP contribution >= 0.6 is 11.8 Å². The van der Waals surface area contributed by atoms with Crippen molar-refractivity contribution in [1.82, 2.24) is 10.2 Å². The molecule has 1 aliphatic heterocycles. The van der Waals surface area contributed by atoms with Crippen molar-refractivity contribution >= 4 is 23.6 Å². The van der Waals surface area contributed by atoms with Crippen molar-refractivity contribution in [3.05, 3.63) is 0 Å².